The number of thioether (sulfide) groups is 1. The van der Waals surface area contributed by atoms with Crippen molar-refractivity contribution in [1.82, 2.24) is 14.8 Å². The normalized spacial score (nSPS) is 11.1. The molecule has 5 heteroatoms. The van der Waals surface area contributed by atoms with Crippen LogP contribution in [0.2, 0.25) is 0 Å². The van der Waals surface area contributed by atoms with Crippen molar-refractivity contribution in [3.05, 3.63) is 5.82 Å². The SMILES string of the molecule is CCCCCCCSc1nnc(CN)n1CCC. The Kier molecular flexibility index (Phi) is 8.09. The van der Waals surface area contributed by atoms with E-state index in [1.54, 1.807) is 0 Å². The Bertz CT molecular complexity index is 325. The molecule has 0 unspecified atom stereocenters. The van der Waals surface area contributed by atoms with E-state index in [1.165, 1.54) is 32.1 Å². The van der Waals surface area contributed by atoms with Gasteiger partial charge in [0.2, 0.25) is 0 Å². The lowest BCUT2D eigenvalue weighted by atomic mass is 10.2. The topological polar surface area (TPSA) is 56.7 Å². The number of unbranched alkanes of at least 4 members (excludes halogenated alkanes) is 4. The van der Waals surface area contributed by atoms with Gasteiger partial charge in [-0.15, -0.1) is 10.2 Å². The summed E-state index contributed by atoms with van der Waals surface area (Å²) in [6.07, 6.45) is 7.70. The monoisotopic (exact) mass is 270 g/mol. The van der Waals surface area contributed by atoms with Gasteiger partial charge in [0.15, 0.2) is 5.16 Å². The van der Waals surface area contributed by atoms with Gasteiger partial charge in [0.1, 0.15) is 5.82 Å². The van der Waals surface area contributed by atoms with Gasteiger partial charge in [-0.1, -0.05) is 51.3 Å². The summed E-state index contributed by atoms with van der Waals surface area (Å²) in [6.45, 7) is 5.86. The molecule has 0 radical (unpaired) electrons. The number of rotatable bonds is 10. The quantitative estimate of drug-likeness (QED) is 0.524. The Balaban J connectivity index is 2.34. The largest absolute Gasteiger partial charge is 0.324 e. The average molecular weight is 270 g/mol. The number of hydrogen-bond acceptors (Lipinski definition) is 4. The summed E-state index contributed by atoms with van der Waals surface area (Å²) < 4.78 is 2.16. The average Bonchev–Trinajstić information content (AvgIpc) is 2.77. The molecule has 0 aliphatic carbocycles. The van der Waals surface area contributed by atoms with Crippen LogP contribution in [0.1, 0.15) is 58.2 Å². The summed E-state index contributed by atoms with van der Waals surface area (Å²) in [5, 5.41) is 9.42. The molecule has 1 aromatic rings. The van der Waals surface area contributed by atoms with Crippen LogP contribution >= 0.6 is 11.8 Å². The molecule has 2 N–H and O–H groups in total. The smallest absolute Gasteiger partial charge is 0.191 e. The summed E-state index contributed by atoms with van der Waals surface area (Å²) in [7, 11) is 0. The lowest BCUT2D eigenvalue weighted by Crippen LogP contribution is -2.09. The third-order valence-corrected chi connectivity index (χ3v) is 3.96. The van der Waals surface area contributed by atoms with Gasteiger partial charge in [0.05, 0.1) is 6.54 Å². The van der Waals surface area contributed by atoms with E-state index in [4.69, 9.17) is 5.73 Å². The van der Waals surface area contributed by atoms with Gasteiger partial charge in [-0.2, -0.15) is 0 Å². The third-order valence-electron chi connectivity index (χ3n) is 2.90. The second kappa shape index (κ2) is 9.39. The van der Waals surface area contributed by atoms with Gasteiger partial charge in [0, 0.05) is 12.3 Å². The van der Waals surface area contributed by atoms with E-state index < -0.39 is 0 Å². The fourth-order valence-corrected chi connectivity index (χ4v) is 2.88. The zero-order valence-electron chi connectivity index (χ0n) is 11.7. The van der Waals surface area contributed by atoms with E-state index in [1.807, 2.05) is 11.8 Å². The van der Waals surface area contributed by atoms with Crippen molar-refractivity contribution < 1.29 is 0 Å². The predicted molar refractivity (Wildman–Crippen MR) is 77.7 cm³/mol. The number of hydrogen-bond donors (Lipinski definition) is 1. The summed E-state index contributed by atoms with van der Waals surface area (Å²) in [5.41, 5.74) is 5.67. The van der Waals surface area contributed by atoms with Crippen LogP contribution in [0, 0.1) is 0 Å². The van der Waals surface area contributed by atoms with Gasteiger partial charge >= 0.3 is 0 Å². The lowest BCUT2D eigenvalue weighted by molar-refractivity contribution is 0.591. The molecule has 0 saturated carbocycles. The molecular weight excluding hydrogens is 244 g/mol. The molecule has 0 atom stereocenters. The molecule has 4 nitrogen and oxygen atoms in total. The molecule has 0 bridgehead atoms. The molecule has 18 heavy (non-hydrogen) atoms. The molecule has 0 aliphatic rings. The number of aromatic nitrogens is 3. The van der Waals surface area contributed by atoms with Gasteiger partial charge < -0.3 is 10.3 Å². The zero-order valence-corrected chi connectivity index (χ0v) is 12.5. The molecule has 104 valence electrons. The van der Waals surface area contributed by atoms with Gasteiger partial charge in [-0.3, -0.25) is 0 Å². The first kappa shape index (κ1) is 15.5. The predicted octanol–water partition coefficient (Wildman–Crippen LogP) is 3.21. The second-order valence-corrected chi connectivity index (χ2v) is 5.58. The number of nitrogens with zero attached hydrogens (tertiary/aromatic N) is 3. The maximum absolute atomic E-state index is 5.67. The molecule has 1 rings (SSSR count). The lowest BCUT2D eigenvalue weighted by Gasteiger charge is -2.07. The van der Waals surface area contributed by atoms with Crippen molar-refractivity contribution in [2.24, 2.45) is 5.73 Å². The van der Waals surface area contributed by atoms with E-state index in [-0.39, 0.29) is 0 Å². The summed E-state index contributed by atoms with van der Waals surface area (Å²) in [6, 6.07) is 0. The fourth-order valence-electron chi connectivity index (χ4n) is 1.89. The summed E-state index contributed by atoms with van der Waals surface area (Å²) in [4.78, 5) is 0. The summed E-state index contributed by atoms with van der Waals surface area (Å²) >= 11 is 1.82. The summed E-state index contributed by atoms with van der Waals surface area (Å²) in [5.74, 6) is 2.04. The van der Waals surface area contributed by atoms with Crippen LogP contribution in [-0.2, 0) is 13.1 Å². The standard InChI is InChI=1S/C13H26N4S/c1-3-5-6-7-8-10-18-13-16-15-12(11-14)17(13)9-4-2/h3-11,14H2,1-2H3. The molecule has 0 aromatic carbocycles. The Morgan fingerprint density at radius 3 is 2.50 bits per heavy atom. The molecule has 0 saturated heterocycles. The van der Waals surface area contributed by atoms with Crippen molar-refractivity contribution in [3.8, 4) is 0 Å². The molecule has 0 fully saturated rings. The van der Waals surface area contributed by atoms with E-state index >= 15 is 0 Å². The molecule has 1 aromatic heterocycles. The molecule has 0 spiro atoms. The Morgan fingerprint density at radius 1 is 1.06 bits per heavy atom. The van der Waals surface area contributed by atoms with Crippen molar-refractivity contribution in [1.29, 1.82) is 0 Å². The van der Waals surface area contributed by atoms with Crippen LogP contribution in [0.15, 0.2) is 5.16 Å². The van der Waals surface area contributed by atoms with Crippen molar-refractivity contribution in [2.75, 3.05) is 5.75 Å². The highest BCUT2D eigenvalue weighted by molar-refractivity contribution is 7.99. The van der Waals surface area contributed by atoms with Crippen molar-refractivity contribution in [2.45, 2.75) is 70.6 Å². The Hall–Kier alpha value is -0.550. The minimum Gasteiger partial charge on any atom is -0.324 e. The highest BCUT2D eigenvalue weighted by Crippen LogP contribution is 2.19. The molecule has 0 amide bonds. The maximum Gasteiger partial charge on any atom is 0.191 e. The maximum atomic E-state index is 5.67. The van der Waals surface area contributed by atoms with Gasteiger partial charge in [0.25, 0.3) is 0 Å². The van der Waals surface area contributed by atoms with Gasteiger partial charge in [-0.05, 0) is 12.8 Å². The van der Waals surface area contributed by atoms with Crippen LogP contribution in [0.3, 0.4) is 0 Å². The first-order valence-electron chi connectivity index (χ1n) is 7.08. The first-order valence-corrected chi connectivity index (χ1v) is 8.07. The van der Waals surface area contributed by atoms with E-state index in [2.05, 4.69) is 28.6 Å². The Labute approximate surface area is 115 Å². The van der Waals surface area contributed by atoms with Crippen LogP contribution in [-0.4, -0.2) is 20.5 Å². The van der Waals surface area contributed by atoms with Crippen LogP contribution in [0.4, 0.5) is 0 Å². The number of nitrogens with two attached hydrogens (primary N) is 1. The third kappa shape index (κ3) is 4.98. The van der Waals surface area contributed by atoms with Gasteiger partial charge in [-0.25, -0.2) is 0 Å². The fraction of sp³-hybridized carbons (Fsp3) is 0.846. The van der Waals surface area contributed by atoms with E-state index in [0.29, 0.717) is 6.54 Å². The molecule has 0 aliphatic heterocycles. The second-order valence-electron chi connectivity index (χ2n) is 4.52. The van der Waals surface area contributed by atoms with Crippen molar-refractivity contribution in [3.63, 3.8) is 0 Å². The zero-order chi connectivity index (χ0) is 13.2. The first-order chi connectivity index (χ1) is 8.83. The van der Waals surface area contributed by atoms with Crippen LogP contribution in [0.25, 0.3) is 0 Å². The Morgan fingerprint density at radius 2 is 1.83 bits per heavy atom. The van der Waals surface area contributed by atoms with Crippen LogP contribution < -0.4 is 5.73 Å². The van der Waals surface area contributed by atoms with Crippen LogP contribution in [0.5, 0.6) is 0 Å². The highest BCUT2D eigenvalue weighted by atomic mass is 32.2. The van der Waals surface area contributed by atoms with E-state index in [9.17, 15) is 0 Å². The molecular formula is C13H26N4S. The van der Waals surface area contributed by atoms with E-state index in [0.717, 1.165) is 29.7 Å². The minimum absolute atomic E-state index is 0.476. The highest BCUT2D eigenvalue weighted by Gasteiger charge is 2.09. The molecule has 1 heterocycles. The minimum atomic E-state index is 0.476. The van der Waals surface area contributed by atoms with Crippen molar-refractivity contribution >= 4 is 11.8 Å².